The van der Waals surface area contributed by atoms with Gasteiger partial charge in [-0.15, -0.1) is 0 Å². The molecule has 63 heavy (non-hydrogen) atoms. The molecule has 0 saturated heterocycles. The van der Waals surface area contributed by atoms with Gasteiger partial charge in [0.05, 0.1) is 25.2 Å². The molecule has 0 saturated carbocycles. The van der Waals surface area contributed by atoms with Crippen molar-refractivity contribution in [2.45, 2.75) is 257 Å². The summed E-state index contributed by atoms with van der Waals surface area (Å²) in [7, 11) is 0. The Kier molecular flexibility index (Phi) is 47.7. The second kappa shape index (κ2) is 50.0. The molecule has 0 radical (unpaired) electrons. The van der Waals surface area contributed by atoms with Crippen molar-refractivity contribution in [3.63, 3.8) is 0 Å². The van der Waals surface area contributed by atoms with E-state index in [2.05, 4.69) is 99.0 Å². The van der Waals surface area contributed by atoms with E-state index in [1.54, 1.807) is 0 Å². The molecule has 3 unspecified atom stereocenters. The van der Waals surface area contributed by atoms with Crippen molar-refractivity contribution in [1.29, 1.82) is 0 Å². The normalized spacial score (nSPS) is 13.9. The monoisotopic (exact) mass is 878 g/mol. The summed E-state index contributed by atoms with van der Waals surface area (Å²) in [4.78, 5) is 26.1. The first-order chi connectivity index (χ1) is 31.0. The number of unbranched alkanes of at least 4 members (excludes halogenated alkanes) is 21. The molecule has 0 rings (SSSR count). The van der Waals surface area contributed by atoms with Crippen LogP contribution in [0.1, 0.15) is 239 Å². The Hall–Kier alpha value is -2.96. The number of hydrogen-bond donors (Lipinski definition) is 3. The zero-order valence-corrected chi connectivity index (χ0v) is 41.2. The van der Waals surface area contributed by atoms with Gasteiger partial charge in [-0.2, -0.15) is 0 Å². The van der Waals surface area contributed by atoms with Gasteiger partial charge < -0.3 is 20.3 Å². The highest BCUT2D eigenvalue weighted by molar-refractivity contribution is 5.77. The van der Waals surface area contributed by atoms with Gasteiger partial charge in [-0.05, 0) is 70.6 Å². The van der Waals surface area contributed by atoms with Gasteiger partial charge in [-0.3, -0.25) is 9.59 Å². The third-order valence-corrected chi connectivity index (χ3v) is 11.5. The van der Waals surface area contributed by atoms with Gasteiger partial charge in [-0.25, -0.2) is 0 Å². The third kappa shape index (κ3) is 45.4. The number of amides is 1. The van der Waals surface area contributed by atoms with E-state index in [1.807, 2.05) is 12.2 Å². The van der Waals surface area contributed by atoms with E-state index in [-0.39, 0.29) is 24.9 Å². The Morgan fingerprint density at radius 3 is 1.35 bits per heavy atom. The van der Waals surface area contributed by atoms with Crippen molar-refractivity contribution < 1.29 is 24.5 Å². The number of esters is 1. The van der Waals surface area contributed by atoms with E-state index < -0.39 is 18.2 Å². The fraction of sp³-hybridized carbons (Fsp3) is 0.719. The molecule has 0 bridgehead atoms. The molecule has 362 valence electrons. The van der Waals surface area contributed by atoms with Crippen LogP contribution in [0.25, 0.3) is 0 Å². The standard InChI is InChI=1S/C57H99NO5/c1-4-7-10-13-16-19-22-25-28-30-33-36-39-42-45-48-53(63-57(62)50-47-44-41-38-35-32-27-24-21-18-15-12-9-6-3)51-56(61)58-54(52-59)55(60)49-46-43-40-37-34-31-29-26-23-20-17-14-11-8-5-2/h7,9-10,12,16,18-19,21,25,28,33,36,42,45,53-55,59-60H,4-6,8,11,13-15,17,20,22-24,26-27,29-32,34-35,37-41,43-44,46-52H2,1-3H3,(H,58,61)/b10-7-,12-9+,19-16-,21-18+,28-25-,36-33-,45-42-. The van der Waals surface area contributed by atoms with Gasteiger partial charge in [0.15, 0.2) is 0 Å². The van der Waals surface area contributed by atoms with E-state index in [0.717, 1.165) is 89.9 Å². The summed E-state index contributed by atoms with van der Waals surface area (Å²) in [5, 5.41) is 23.8. The summed E-state index contributed by atoms with van der Waals surface area (Å²) in [6.45, 7) is 6.24. The summed E-state index contributed by atoms with van der Waals surface area (Å²) >= 11 is 0. The minimum Gasteiger partial charge on any atom is -0.461 e. The molecule has 0 spiro atoms. The molecule has 0 aromatic rings. The van der Waals surface area contributed by atoms with Crippen LogP contribution >= 0.6 is 0 Å². The Morgan fingerprint density at radius 1 is 0.492 bits per heavy atom. The molecule has 0 heterocycles. The Morgan fingerprint density at radius 2 is 0.889 bits per heavy atom. The summed E-state index contributed by atoms with van der Waals surface area (Å²) in [6.07, 6.45) is 65.2. The summed E-state index contributed by atoms with van der Waals surface area (Å²) in [5.74, 6) is -0.591. The molecule has 1 amide bonds. The summed E-state index contributed by atoms with van der Waals surface area (Å²) in [5.41, 5.74) is 0. The zero-order chi connectivity index (χ0) is 45.9. The SMILES string of the molecule is CC/C=C\C/C=C\C/C=C\C/C=C\C/C=C\CC(CC(=O)NC(CO)C(O)CCCCCCCCCCCCCCCCC)OC(=O)CCCCCCCCC/C=C/C/C=C/CC. The van der Waals surface area contributed by atoms with E-state index in [0.29, 0.717) is 19.3 Å². The number of ether oxygens (including phenoxy) is 1. The molecule has 3 N–H and O–H groups in total. The number of carbonyl (C=O) groups is 2. The van der Waals surface area contributed by atoms with Gasteiger partial charge in [-0.1, -0.05) is 234 Å². The molecular formula is C57H99NO5. The number of nitrogens with one attached hydrogen (secondary N) is 1. The van der Waals surface area contributed by atoms with Crippen LogP contribution < -0.4 is 5.32 Å². The average Bonchev–Trinajstić information content (AvgIpc) is 3.28. The van der Waals surface area contributed by atoms with Crippen molar-refractivity contribution in [1.82, 2.24) is 5.32 Å². The molecular weight excluding hydrogens is 779 g/mol. The Bertz CT molecular complexity index is 1210. The molecule has 6 heteroatoms. The van der Waals surface area contributed by atoms with Crippen LogP contribution in [0.5, 0.6) is 0 Å². The predicted octanol–water partition coefficient (Wildman–Crippen LogP) is 16.0. The van der Waals surface area contributed by atoms with Crippen molar-refractivity contribution in [3.05, 3.63) is 85.1 Å². The second-order valence-electron chi connectivity index (χ2n) is 17.5. The van der Waals surface area contributed by atoms with Gasteiger partial charge >= 0.3 is 5.97 Å². The number of rotatable bonds is 46. The first kappa shape index (κ1) is 60.0. The van der Waals surface area contributed by atoms with Crippen molar-refractivity contribution in [3.8, 4) is 0 Å². The van der Waals surface area contributed by atoms with Crippen molar-refractivity contribution in [2.75, 3.05) is 6.61 Å². The van der Waals surface area contributed by atoms with E-state index >= 15 is 0 Å². The van der Waals surface area contributed by atoms with Crippen molar-refractivity contribution >= 4 is 11.9 Å². The third-order valence-electron chi connectivity index (χ3n) is 11.5. The maximum absolute atomic E-state index is 13.2. The minimum absolute atomic E-state index is 0.00708. The molecule has 0 aromatic heterocycles. The quantitative estimate of drug-likeness (QED) is 0.0322. The smallest absolute Gasteiger partial charge is 0.306 e. The van der Waals surface area contributed by atoms with Gasteiger partial charge in [0.25, 0.3) is 0 Å². The number of hydrogen-bond acceptors (Lipinski definition) is 5. The second-order valence-corrected chi connectivity index (χ2v) is 17.5. The molecule has 0 aliphatic rings. The summed E-state index contributed by atoms with van der Waals surface area (Å²) < 4.78 is 5.87. The van der Waals surface area contributed by atoms with Gasteiger partial charge in [0, 0.05) is 12.8 Å². The molecule has 0 aliphatic heterocycles. The highest BCUT2D eigenvalue weighted by Crippen LogP contribution is 2.16. The minimum atomic E-state index is -0.817. The highest BCUT2D eigenvalue weighted by atomic mass is 16.5. The first-order valence-electron chi connectivity index (χ1n) is 26.3. The fourth-order valence-corrected chi connectivity index (χ4v) is 7.55. The largest absolute Gasteiger partial charge is 0.461 e. The van der Waals surface area contributed by atoms with Crippen LogP contribution in [0.15, 0.2) is 85.1 Å². The fourth-order valence-electron chi connectivity index (χ4n) is 7.55. The number of aliphatic hydroxyl groups is 2. The topological polar surface area (TPSA) is 95.9 Å². The molecule has 6 nitrogen and oxygen atoms in total. The Labute approximate surface area is 389 Å². The first-order valence-corrected chi connectivity index (χ1v) is 26.3. The molecule has 0 aliphatic carbocycles. The van der Waals surface area contributed by atoms with Gasteiger partial charge in [0.2, 0.25) is 5.91 Å². The average molecular weight is 878 g/mol. The zero-order valence-electron chi connectivity index (χ0n) is 41.2. The maximum Gasteiger partial charge on any atom is 0.306 e. The molecule has 3 atom stereocenters. The van der Waals surface area contributed by atoms with E-state index in [1.165, 1.54) is 103 Å². The summed E-state index contributed by atoms with van der Waals surface area (Å²) in [6, 6.07) is -0.737. The molecule has 0 fully saturated rings. The van der Waals surface area contributed by atoms with E-state index in [9.17, 15) is 19.8 Å². The lowest BCUT2D eigenvalue weighted by molar-refractivity contribution is -0.150. The van der Waals surface area contributed by atoms with Crippen LogP contribution in [-0.4, -0.2) is 46.9 Å². The van der Waals surface area contributed by atoms with Crippen LogP contribution in [0, 0.1) is 0 Å². The lowest BCUT2D eigenvalue weighted by atomic mass is 10.0. The van der Waals surface area contributed by atoms with Gasteiger partial charge in [0.1, 0.15) is 6.10 Å². The lowest BCUT2D eigenvalue weighted by Crippen LogP contribution is -2.46. The number of aliphatic hydroxyl groups excluding tert-OH is 2. The van der Waals surface area contributed by atoms with Crippen LogP contribution in [0.3, 0.4) is 0 Å². The van der Waals surface area contributed by atoms with Crippen LogP contribution in [0.4, 0.5) is 0 Å². The number of carbonyl (C=O) groups excluding carboxylic acids is 2. The highest BCUT2D eigenvalue weighted by Gasteiger charge is 2.23. The maximum atomic E-state index is 13.2. The number of allylic oxidation sites excluding steroid dienone is 13. The lowest BCUT2D eigenvalue weighted by Gasteiger charge is -2.24. The van der Waals surface area contributed by atoms with Crippen molar-refractivity contribution in [2.24, 2.45) is 0 Å². The van der Waals surface area contributed by atoms with E-state index in [4.69, 9.17) is 4.74 Å². The predicted molar refractivity (Wildman–Crippen MR) is 273 cm³/mol. The van der Waals surface area contributed by atoms with Crippen LogP contribution in [-0.2, 0) is 14.3 Å². The van der Waals surface area contributed by atoms with Crippen LogP contribution in [0.2, 0.25) is 0 Å². The Balaban J connectivity index is 4.71. The molecule has 0 aromatic carbocycles.